The van der Waals surface area contributed by atoms with Crippen molar-refractivity contribution in [1.82, 2.24) is 53.6 Å². The molecule has 0 amide bonds. The molecule has 0 radical (unpaired) electrons. The maximum Gasteiger partial charge on any atom is 0.403 e. The van der Waals surface area contributed by atoms with Crippen molar-refractivity contribution < 1.29 is 31.5 Å². The van der Waals surface area contributed by atoms with E-state index in [0.29, 0.717) is 24.0 Å². The van der Waals surface area contributed by atoms with E-state index in [2.05, 4.69) is 44.4 Å². The van der Waals surface area contributed by atoms with Gasteiger partial charge in [-0.3, -0.25) is 9.09 Å². The molecule has 0 aromatic carbocycles. The van der Waals surface area contributed by atoms with Gasteiger partial charge in [0.1, 0.15) is 35.9 Å². The molecule has 3 aliphatic rings. The predicted molar refractivity (Wildman–Crippen MR) is 147 cm³/mol. The van der Waals surface area contributed by atoms with E-state index in [4.69, 9.17) is 20.7 Å². The van der Waals surface area contributed by atoms with Gasteiger partial charge in [0.25, 0.3) is 10.2 Å². The summed E-state index contributed by atoms with van der Waals surface area (Å²) in [6.45, 7) is -0.591. The molecular formula is C21H27FN13O6PS. The lowest BCUT2D eigenvalue weighted by molar-refractivity contribution is -0.0187. The molecule has 2 aliphatic heterocycles. The van der Waals surface area contributed by atoms with Crippen LogP contribution in [0.25, 0.3) is 22.3 Å². The fraction of sp³-hybridized carbons (Fsp3) is 0.524. The number of fused-ring (bicyclic) bond motifs is 4. The Morgan fingerprint density at radius 3 is 2.33 bits per heavy atom. The summed E-state index contributed by atoms with van der Waals surface area (Å²) in [7, 11) is -8.76. The number of nitrogens with two attached hydrogens (primary N) is 2. The third-order valence-corrected chi connectivity index (χ3v) is 10.2. The van der Waals surface area contributed by atoms with E-state index in [-0.39, 0.29) is 35.4 Å². The van der Waals surface area contributed by atoms with Crippen molar-refractivity contribution in [3.63, 3.8) is 0 Å². The first-order valence-corrected chi connectivity index (χ1v) is 16.2. The summed E-state index contributed by atoms with van der Waals surface area (Å²) in [4.78, 5) is 35.3. The first-order valence-electron chi connectivity index (χ1n) is 13.2. The van der Waals surface area contributed by atoms with Gasteiger partial charge < -0.3 is 25.7 Å². The lowest BCUT2D eigenvalue weighted by atomic mass is 10.1. The van der Waals surface area contributed by atoms with Gasteiger partial charge in [0, 0.05) is 25.2 Å². The molecule has 1 aliphatic carbocycles. The first-order chi connectivity index (χ1) is 20.5. The number of rotatable bonds is 2. The largest absolute Gasteiger partial charge is 0.403 e. The van der Waals surface area contributed by atoms with Gasteiger partial charge in [-0.25, -0.2) is 43.9 Å². The summed E-state index contributed by atoms with van der Waals surface area (Å²) in [5, 5.41) is 2.49. The lowest BCUT2D eigenvalue weighted by Gasteiger charge is -2.27. The normalized spacial score (nSPS) is 34.9. The summed E-state index contributed by atoms with van der Waals surface area (Å²) in [6, 6.07) is -0.931. The zero-order valence-electron chi connectivity index (χ0n) is 22.1. The number of hydrogen-bond acceptors (Lipinski definition) is 13. The fourth-order valence-electron chi connectivity index (χ4n) is 5.96. The van der Waals surface area contributed by atoms with Crippen LogP contribution in [-0.2, 0) is 24.0 Å². The van der Waals surface area contributed by atoms with E-state index >= 15 is 4.39 Å². The van der Waals surface area contributed by atoms with Crippen molar-refractivity contribution in [2.24, 2.45) is 5.92 Å². The molecule has 4 aromatic rings. The third kappa shape index (κ3) is 5.10. The second kappa shape index (κ2) is 10.3. The number of imidazole rings is 2. The highest BCUT2D eigenvalue weighted by atomic mass is 32.2. The molecule has 0 spiro atoms. The summed E-state index contributed by atoms with van der Waals surface area (Å²) in [6.07, 6.45) is -0.404. The number of nitrogens with zero attached hydrogens (tertiary/aromatic N) is 8. The van der Waals surface area contributed by atoms with Crippen LogP contribution in [0.15, 0.2) is 25.3 Å². The second-order valence-corrected chi connectivity index (χ2v) is 13.7. The quantitative estimate of drug-likeness (QED) is 0.142. The molecule has 3 fully saturated rings. The van der Waals surface area contributed by atoms with Crippen molar-refractivity contribution in [1.29, 1.82) is 0 Å². The minimum atomic E-state index is -4.61. The summed E-state index contributed by atoms with van der Waals surface area (Å²) in [5.74, 6) is -0.194. The number of hydrogen-bond donors (Lipinski definition) is 6. The molecule has 230 valence electrons. The Morgan fingerprint density at radius 1 is 0.977 bits per heavy atom. The molecule has 0 bridgehead atoms. The van der Waals surface area contributed by atoms with Gasteiger partial charge >= 0.3 is 7.75 Å². The molecule has 1 unspecified atom stereocenters. The minimum absolute atomic E-state index is 0.0641. The Bertz CT molecular complexity index is 1860. The van der Waals surface area contributed by atoms with E-state index in [1.54, 1.807) is 10.9 Å². The number of halogens is 1. The van der Waals surface area contributed by atoms with Crippen molar-refractivity contribution >= 4 is 51.9 Å². The molecule has 8 atom stereocenters. The monoisotopic (exact) mass is 639 g/mol. The van der Waals surface area contributed by atoms with Crippen molar-refractivity contribution in [2.75, 3.05) is 24.6 Å². The number of anilines is 2. The van der Waals surface area contributed by atoms with E-state index in [9.17, 15) is 17.9 Å². The number of ether oxygens (including phenoxy) is 1. The van der Waals surface area contributed by atoms with E-state index < -0.39 is 61.1 Å². The molecule has 22 heteroatoms. The first kappa shape index (κ1) is 28.3. The topological polar surface area (TPSA) is 265 Å². The molecule has 8 N–H and O–H groups in total. The van der Waals surface area contributed by atoms with Crippen LogP contribution in [0.2, 0.25) is 0 Å². The number of nitrogen functional groups attached to an aromatic ring is 2. The van der Waals surface area contributed by atoms with Crippen molar-refractivity contribution in [2.45, 2.75) is 49.5 Å². The van der Waals surface area contributed by atoms with Gasteiger partial charge in [0.15, 0.2) is 35.3 Å². The number of alkyl halides is 1. The Kier molecular flexibility index (Phi) is 6.81. The lowest BCUT2D eigenvalue weighted by Crippen LogP contribution is -2.50. The second-order valence-electron chi connectivity index (χ2n) is 10.6. The third-order valence-electron chi connectivity index (χ3n) is 7.98. The molecule has 4 aromatic heterocycles. The highest BCUT2D eigenvalue weighted by molar-refractivity contribution is 7.87. The summed E-state index contributed by atoms with van der Waals surface area (Å²) < 4.78 is 74.7. The zero-order chi connectivity index (χ0) is 30.1. The maximum atomic E-state index is 15.9. The molecule has 2 saturated heterocycles. The predicted octanol–water partition coefficient (Wildman–Crippen LogP) is -1.10. The van der Waals surface area contributed by atoms with Crippen LogP contribution in [0.1, 0.15) is 25.1 Å². The van der Waals surface area contributed by atoms with E-state index in [0.717, 1.165) is 0 Å². The summed E-state index contributed by atoms with van der Waals surface area (Å²) in [5.41, 5.74) is 13.0. The van der Waals surface area contributed by atoms with Crippen LogP contribution < -0.4 is 26.0 Å². The standard InChI is InChI=1S/C21H27FN13O6PS/c22-13-16-12(40-21(13)35-8-30-15-18(24)26-6-28-20(15)35)4-32-43(38,39)33-11-2-10(1-9(11)3-31-42(36,37)41-16)34-7-29-14-17(23)25-5-27-19(14)34/h5-13,16,21,32-33H,1-4H2,(H2,23,25,27)(H2,24,26,28)(H2,31,36,37)/t9-,10-,11+,12-,13-,16-,21-/m1/s1. The number of nitrogens with one attached hydrogen (secondary N) is 3. The number of aromatic nitrogens is 8. The minimum Gasteiger partial charge on any atom is -0.382 e. The Hall–Kier alpha value is -3.43. The van der Waals surface area contributed by atoms with Crippen molar-refractivity contribution in [3.05, 3.63) is 25.3 Å². The van der Waals surface area contributed by atoms with Crippen LogP contribution in [0.4, 0.5) is 16.0 Å². The van der Waals surface area contributed by atoms with Crippen LogP contribution in [-0.4, -0.2) is 89.9 Å². The molecular weight excluding hydrogens is 612 g/mol. The Balaban J connectivity index is 1.15. The molecule has 6 heterocycles. The SMILES string of the molecule is Nc1ncnc2c1ncn2[C@@H]1C[C@@H]2CNP(=O)(O)O[C@H]3[C@@H](F)[C@H](n4cnc5c(N)ncnc54)O[C@@H]3CNS(=O)(=O)N[C@H]2C1. The molecule has 1 saturated carbocycles. The van der Waals surface area contributed by atoms with Crippen LogP contribution in [0.3, 0.4) is 0 Å². The van der Waals surface area contributed by atoms with Crippen LogP contribution >= 0.6 is 7.75 Å². The van der Waals surface area contributed by atoms with Crippen molar-refractivity contribution in [3.8, 4) is 0 Å². The molecule has 19 nitrogen and oxygen atoms in total. The smallest absolute Gasteiger partial charge is 0.382 e. The Morgan fingerprint density at radius 2 is 1.63 bits per heavy atom. The highest BCUT2D eigenvalue weighted by Crippen LogP contribution is 2.47. The highest BCUT2D eigenvalue weighted by Gasteiger charge is 2.51. The molecule has 43 heavy (non-hydrogen) atoms. The summed E-state index contributed by atoms with van der Waals surface area (Å²) >= 11 is 0. The van der Waals surface area contributed by atoms with Crippen LogP contribution in [0, 0.1) is 5.92 Å². The van der Waals surface area contributed by atoms with Gasteiger partial charge in [-0.2, -0.15) is 17.9 Å². The van der Waals surface area contributed by atoms with E-state index in [1.165, 1.54) is 23.5 Å². The average molecular weight is 640 g/mol. The van der Waals surface area contributed by atoms with Gasteiger partial charge in [0.05, 0.1) is 12.7 Å². The van der Waals surface area contributed by atoms with Crippen LogP contribution in [0.5, 0.6) is 0 Å². The van der Waals surface area contributed by atoms with E-state index in [1.807, 2.05) is 0 Å². The average Bonchev–Trinajstić information content (AvgIpc) is 3.72. The Labute approximate surface area is 242 Å². The van der Waals surface area contributed by atoms with Gasteiger partial charge in [-0.05, 0) is 18.8 Å². The zero-order valence-corrected chi connectivity index (χ0v) is 23.8. The molecule has 7 rings (SSSR count). The fourth-order valence-corrected chi connectivity index (χ4v) is 8.24. The van der Waals surface area contributed by atoms with Gasteiger partial charge in [0.2, 0.25) is 0 Å². The van der Waals surface area contributed by atoms with Gasteiger partial charge in [-0.1, -0.05) is 0 Å². The van der Waals surface area contributed by atoms with Gasteiger partial charge in [-0.15, -0.1) is 0 Å². The maximum absolute atomic E-state index is 15.9.